The summed E-state index contributed by atoms with van der Waals surface area (Å²) in [5.41, 5.74) is 1.25. The number of aromatic nitrogens is 2. The smallest absolute Gasteiger partial charge is 0.330 e. The van der Waals surface area contributed by atoms with Gasteiger partial charge in [-0.1, -0.05) is 30.3 Å². The molecule has 0 radical (unpaired) electrons. The molecule has 0 aliphatic heterocycles. The Morgan fingerprint density at radius 3 is 2.89 bits per heavy atom. The lowest BCUT2D eigenvalue weighted by Crippen LogP contribution is -2.26. The fraction of sp³-hybridized carbons (Fsp3) is 0.154. The number of esters is 1. The standard InChI is InChI=1S/C13H12N2O4/c1-2-18-12(16)9-8-11-13(14-19-15(11)17)10-6-4-3-5-7-10/h3-9H,2H2,1H3/b9-8+. The first-order valence-corrected chi connectivity index (χ1v) is 5.72. The van der Waals surface area contributed by atoms with Crippen LogP contribution in [0.15, 0.2) is 41.0 Å². The zero-order valence-corrected chi connectivity index (χ0v) is 10.3. The maximum atomic E-state index is 11.5. The van der Waals surface area contributed by atoms with Gasteiger partial charge in [0.2, 0.25) is 5.69 Å². The third kappa shape index (κ3) is 2.98. The number of nitrogens with zero attached hydrogens (tertiary/aromatic N) is 2. The number of carbonyl (C=O) groups excluding carboxylic acids is 1. The van der Waals surface area contributed by atoms with Gasteiger partial charge in [-0.3, -0.25) is 4.63 Å². The molecule has 0 bridgehead atoms. The Balaban J connectivity index is 2.31. The molecule has 0 N–H and O–H groups in total. The van der Waals surface area contributed by atoms with Gasteiger partial charge in [0.05, 0.1) is 6.61 Å². The van der Waals surface area contributed by atoms with E-state index in [9.17, 15) is 10.0 Å². The molecule has 0 aliphatic carbocycles. The van der Waals surface area contributed by atoms with Crippen molar-refractivity contribution >= 4 is 12.0 Å². The molecular weight excluding hydrogens is 248 g/mol. The van der Waals surface area contributed by atoms with Gasteiger partial charge >= 0.3 is 5.97 Å². The van der Waals surface area contributed by atoms with Crippen LogP contribution >= 0.6 is 0 Å². The summed E-state index contributed by atoms with van der Waals surface area (Å²) in [5, 5.41) is 15.1. The molecule has 0 aliphatic rings. The number of hydrogen-bond acceptors (Lipinski definition) is 5. The van der Waals surface area contributed by atoms with Crippen LogP contribution in [0.25, 0.3) is 17.3 Å². The van der Waals surface area contributed by atoms with Gasteiger partial charge in [0, 0.05) is 22.9 Å². The Morgan fingerprint density at radius 1 is 1.47 bits per heavy atom. The first-order valence-electron chi connectivity index (χ1n) is 5.72. The van der Waals surface area contributed by atoms with E-state index in [1.54, 1.807) is 19.1 Å². The number of rotatable bonds is 4. The first-order chi connectivity index (χ1) is 9.22. The summed E-state index contributed by atoms with van der Waals surface area (Å²) in [6.45, 7) is 1.98. The summed E-state index contributed by atoms with van der Waals surface area (Å²) in [6.07, 6.45) is 2.49. The molecule has 6 heteroatoms. The number of benzene rings is 1. The molecule has 2 aromatic rings. The minimum Gasteiger partial charge on any atom is -0.463 e. The van der Waals surface area contributed by atoms with E-state index in [1.807, 2.05) is 18.2 Å². The van der Waals surface area contributed by atoms with Crippen molar-refractivity contribution in [3.05, 3.63) is 47.3 Å². The van der Waals surface area contributed by atoms with Crippen molar-refractivity contribution in [3.63, 3.8) is 0 Å². The normalized spacial score (nSPS) is 10.8. The van der Waals surface area contributed by atoms with Crippen LogP contribution < -0.4 is 4.90 Å². The van der Waals surface area contributed by atoms with Gasteiger partial charge in [-0.05, 0) is 11.8 Å². The summed E-state index contributed by atoms with van der Waals surface area (Å²) in [6, 6.07) is 9.07. The van der Waals surface area contributed by atoms with Crippen molar-refractivity contribution in [3.8, 4) is 11.3 Å². The van der Waals surface area contributed by atoms with Crippen LogP contribution in [-0.2, 0) is 9.53 Å². The fourth-order valence-corrected chi connectivity index (χ4v) is 1.53. The Kier molecular flexibility index (Phi) is 3.92. The number of hydrogen-bond donors (Lipinski definition) is 0. The Hall–Kier alpha value is -2.63. The fourth-order valence-electron chi connectivity index (χ4n) is 1.53. The van der Waals surface area contributed by atoms with Gasteiger partial charge in [0.15, 0.2) is 0 Å². The van der Waals surface area contributed by atoms with E-state index in [0.717, 1.165) is 11.6 Å². The zero-order chi connectivity index (χ0) is 13.7. The lowest BCUT2D eigenvalue weighted by atomic mass is 10.1. The Bertz CT molecular complexity index is 590. The largest absolute Gasteiger partial charge is 0.463 e. The molecule has 1 aromatic carbocycles. The second kappa shape index (κ2) is 5.81. The van der Waals surface area contributed by atoms with Crippen LogP contribution in [0.1, 0.15) is 12.6 Å². The Labute approximate surface area is 109 Å². The molecule has 6 nitrogen and oxygen atoms in total. The van der Waals surface area contributed by atoms with Crippen LogP contribution in [0.5, 0.6) is 0 Å². The zero-order valence-electron chi connectivity index (χ0n) is 10.3. The lowest BCUT2D eigenvalue weighted by Gasteiger charge is -1.95. The van der Waals surface area contributed by atoms with Crippen molar-refractivity contribution in [2.75, 3.05) is 6.61 Å². The third-order valence-electron chi connectivity index (χ3n) is 2.36. The van der Waals surface area contributed by atoms with Crippen molar-refractivity contribution in [1.29, 1.82) is 0 Å². The highest BCUT2D eigenvalue weighted by Gasteiger charge is 2.18. The average molecular weight is 260 g/mol. The predicted octanol–water partition coefficient (Wildman–Crippen LogP) is 1.55. The predicted molar refractivity (Wildman–Crippen MR) is 66.6 cm³/mol. The van der Waals surface area contributed by atoms with Crippen molar-refractivity contribution < 1.29 is 19.1 Å². The summed E-state index contributed by atoms with van der Waals surface area (Å²) in [7, 11) is 0. The first kappa shape index (κ1) is 12.8. The molecule has 1 aromatic heterocycles. The highest BCUT2D eigenvalue weighted by Crippen LogP contribution is 2.19. The quantitative estimate of drug-likeness (QED) is 0.473. The second-order valence-electron chi connectivity index (χ2n) is 3.62. The molecule has 19 heavy (non-hydrogen) atoms. The molecular formula is C13H12N2O4. The maximum absolute atomic E-state index is 11.5. The molecule has 0 amide bonds. The van der Waals surface area contributed by atoms with Crippen LogP contribution in [-0.4, -0.2) is 17.7 Å². The van der Waals surface area contributed by atoms with Gasteiger partial charge < -0.3 is 9.94 Å². The number of carbonyl (C=O) groups is 1. The second-order valence-corrected chi connectivity index (χ2v) is 3.62. The van der Waals surface area contributed by atoms with Crippen molar-refractivity contribution in [2.24, 2.45) is 0 Å². The van der Waals surface area contributed by atoms with Crippen molar-refractivity contribution in [2.45, 2.75) is 6.92 Å². The minimum atomic E-state index is -0.525. The SMILES string of the molecule is CCOC(=O)/C=C/c1c(-c2ccccc2)no[n+]1[O-]. The van der Waals surface area contributed by atoms with Crippen molar-refractivity contribution in [1.82, 2.24) is 5.16 Å². The van der Waals surface area contributed by atoms with E-state index in [1.165, 1.54) is 6.08 Å². The average Bonchev–Trinajstić information content (AvgIpc) is 2.79. The van der Waals surface area contributed by atoms with E-state index in [-0.39, 0.29) is 17.2 Å². The van der Waals surface area contributed by atoms with E-state index in [0.29, 0.717) is 5.69 Å². The van der Waals surface area contributed by atoms with Gasteiger partial charge in [-0.25, -0.2) is 4.79 Å². The topological polar surface area (TPSA) is 79.3 Å². The van der Waals surface area contributed by atoms with Gasteiger partial charge in [0.25, 0.3) is 5.69 Å². The Morgan fingerprint density at radius 2 is 2.21 bits per heavy atom. The summed E-state index contributed by atoms with van der Waals surface area (Å²) in [5.74, 6) is -0.525. The van der Waals surface area contributed by atoms with Gasteiger partial charge in [-0.2, -0.15) is 0 Å². The molecule has 0 fully saturated rings. The highest BCUT2D eigenvalue weighted by molar-refractivity contribution is 5.87. The minimum absolute atomic E-state index is 0.152. The highest BCUT2D eigenvalue weighted by atomic mass is 16.8. The summed E-state index contributed by atoms with van der Waals surface area (Å²) in [4.78, 5) is 11.5. The van der Waals surface area contributed by atoms with E-state index < -0.39 is 5.97 Å². The summed E-state index contributed by atoms with van der Waals surface area (Å²) >= 11 is 0. The van der Waals surface area contributed by atoms with E-state index >= 15 is 0 Å². The van der Waals surface area contributed by atoms with Gasteiger partial charge in [-0.15, -0.1) is 0 Å². The van der Waals surface area contributed by atoms with Crippen LogP contribution in [0.3, 0.4) is 0 Å². The third-order valence-corrected chi connectivity index (χ3v) is 2.36. The molecule has 2 rings (SSSR count). The van der Waals surface area contributed by atoms with Crippen LogP contribution in [0, 0.1) is 5.21 Å². The molecule has 0 saturated heterocycles. The van der Waals surface area contributed by atoms with Crippen LogP contribution in [0.2, 0.25) is 0 Å². The van der Waals surface area contributed by atoms with Gasteiger partial charge in [0.1, 0.15) is 0 Å². The lowest BCUT2D eigenvalue weighted by molar-refractivity contribution is -0.803. The molecule has 0 saturated carbocycles. The molecule has 1 heterocycles. The summed E-state index contributed by atoms with van der Waals surface area (Å²) < 4.78 is 9.29. The molecule has 0 spiro atoms. The van der Waals surface area contributed by atoms with E-state index in [4.69, 9.17) is 4.74 Å². The van der Waals surface area contributed by atoms with E-state index in [2.05, 4.69) is 9.79 Å². The maximum Gasteiger partial charge on any atom is 0.330 e. The number of ether oxygens (including phenoxy) is 1. The molecule has 98 valence electrons. The van der Waals surface area contributed by atoms with Crippen LogP contribution in [0.4, 0.5) is 0 Å². The molecule has 0 unspecified atom stereocenters. The monoisotopic (exact) mass is 260 g/mol. The molecule has 0 atom stereocenters.